The van der Waals surface area contributed by atoms with E-state index >= 15 is 0 Å². The standard InChI is InChI=1S/C13H18BrNO/c1-10(16)12-9-11(14)5-6-13(12)15-7-3-2-4-8-15/h5-6,9-10,16H,2-4,7-8H2,1H3. The van der Waals surface area contributed by atoms with E-state index in [1.807, 2.05) is 13.0 Å². The van der Waals surface area contributed by atoms with Crippen LogP contribution in [0, 0.1) is 0 Å². The molecule has 88 valence electrons. The van der Waals surface area contributed by atoms with Crippen LogP contribution in [0.15, 0.2) is 22.7 Å². The monoisotopic (exact) mass is 283 g/mol. The molecule has 16 heavy (non-hydrogen) atoms. The average Bonchev–Trinajstić information content (AvgIpc) is 2.30. The molecule has 1 aliphatic heterocycles. The molecule has 0 amide bonds. The maximum atomic E-state index is 9.81. The van der Waals surface area contributed by atoms with Gasteiger partial charge < -0.3 is 10.0 Å². The van der Waals surface area contributed by atoms with Gasteiger partial charge in [0.25, 0.3) is 0 Å². The normalized spacial score (nSPS) is 18.6. The summed E-state index contributed by atoms with van der Waals surface area (Å²) in [6, 6.07) is 6.18. The highest BCUT2D eigenvalue weighted by Crippen LogP contribution is 2.31. The molecule has 0 spiro atoms. The highest BCUT2D eigenvalue weighted by Gasteiger charge is 2.16. The summed E-state index contributed by atoms with van der Waals surface area (Å²) in [6.07, 6.45) is 3.44. The van der Waals surface area contributed by atoms with Crippen LogP contribution >= 0.6 is 15.9 Å². The molecule has 1 aliphatic rings. The van der Waals surface area contributed by atoms with Crippen LogP contribution in [-0.2, 0) is 0 Å². The zero-order valence-corrected chi connectivity index (χ0v) is 11.2. The first-order chi connectivity index (χ1) is 7.68. The second-order valence-electron chi connectivity index (χ2n) is 4.43. The molecule has 1 unspecified atom stereocenters. The number of aliphatic hydroxyl groups excluding tert-OH is 1. The summed E-state index contributed by atoms with van der Waals surface area (Å²) in [5, 5.41) is 9.81. The predicted octanol–water partition coefficient (Wildman–Crippen LogP) is 3.49. The molecule has 0 radical (unpaired) electrons. The van der Waals surface area contributed by atoms with Crippen molar-refractivity contribution in [3.63, 3.8) is 0 Å². The second-order valence-corrected chi connectivity index (χ2v) is 5.34. The number of benzene rings is 1. The number of halogens is 1. The molecule has 0 saturated carbocycles. The van der Waals surface area contributed by atoms with Crippen LogP contribution in [0.2, 0.25) is 0 Å². The van der Waals surface area contributed by atoms with Crippen LogP contribution in [0.4, 0.5) is 5.69 Å². The van der Waals surface area contributed by atoms with Crippen molar-refractivity contribution in [1.29, 1.82) is 0 Å². The van der Waals surface area contributed by atoms with Crippen molar-refractivity contribution in [2.45, 2.75) is 32.3 Å². The highest BCUT2D eigenvalue weighted by atomic mass is 79.9. The van der Waals surface area contributed by atoms with Gasteiger partial charge in [0.15, 0.2) is 0 Å². The third kappa shape index (κ3) is 2.58. The number of aliphatic hydroxyl groups is 1. The Balaban J connectivity index is 2.31. The van der Waals surface area contributed by atoms with Gasteiger partial charge in [-0.2, -0.15) is 0 Å². The van der Waals surface area contributed by atoms with Crippen molar-refractivity contribution in [1.82, 2.24) is 0 Å². The third-order valence-corrected chi connectivity index (χ3v) is 3.63. The van der Waals surface area contributed by atoms with Crippen molar-refractivity contribution in [2.24, 2.45) is 0 Å². The minimum Gasteiger partial charge on any atom is -0.389 e. The van der Waals surface area contributed by atoms with Gasteiger partial charge in [0.2, 0.25) is 0 Å². The van der Waals surface area contributed by atoms with E-state index in [2.05, 4.69) is 33.0 Å². The molecule has 2 nitrogen and oxygen atoms in total. The quantitative estimate of drug-likeness (QED) is 0.898. The summed E-state index contributed by atoms with van der Waals surface area (Å²) < 4.78 is 1.03. The first kappa shape index (κ1) is 11.9. The Bertz CT molecular complexity index is 359. The van der Waals surface area contributed by atoms with Crippen molar-refractivity contribution in [3.05, 3.63) is 28.2 Å². The fourth-order valence-corrected chi connectivity index (χ4v) is 2.66. The lowest BCUT2D eigenvalue weighted by atomic mass is 10.0. The van der Waals surface area contributed by atoms with E-state index in [0.29, 0.717) is 0 Å². The van der Waals surface area contributed by atoms with E-state index < -0.39 is 6.10 Å². The van der Waals surface area contributed by atoms with Gasteiger partial charge in [0.1, 0.15) is 0 Å². The number of piperidine rings is 1. The molecular weight excluding hydrogens is 266 g/mol. The van der Waals surface area contributed by atoms with E-state index in [1.54, 1.807) is 0 Å². The van der Waals surface area contributed by atoms with Gasteiger partial charge in [0, 0.05) is 28.8 Å². The molecule has 0 aliphatic carbocycles. The number of nitrogens with zero attached hydrogens (tertiary/aromatic N) is 1. The van der Waals surface area contributed by atoms with Crippen molar-refractivity contribution >= 4 is 21.6 Å². The van der Waals surface area contributed by atoms with Crippen LogP contribution in [0.1, 0.15) is 37.9 Å². The lowest BCUT2D eigenvalue weighted by Crippen LogP contribution is -2.30. The first-order valence-electron chi connectivity index (χ1n) is 5.91. The molecule has 2 rings (SSSR count). The van der Waals surface area contributed by atoms with E-state index in [-0.39, 0.29) is 0 Å². The van der Waals surface area contributed by atoms with Gasteiger partial charge in [-0.15, -0.1) is 0 Å². The Labute approximate surface area is 105 Å². The van der Waals surface area contributed by atoms with Gasteiger partial charge in [-0.05, 0) is 44.4 Å². The smallest absolute Gasteiger partial charge is 0.0782 e. The average molecular weight is 284 g/mol. The Kier molecular flexibility index (Phi) is 3.87. The molecule has 0 bridgehead atoms. The molecule has 1 saturated heterocycles. The summed E-state index contributed by atoms with van der Waals surface area (Å²) in [4.78, 5) is 2.39. The van der Waals surface area contributed by atoms with Crippen molar-refractivity contribution in [2.75, 3.05) is 18.0 Å². The molecule has 1 aromatic carbocycles. The summed E-state index contributed by atoms with van der Waals surface area (Å²) in [6.45, 7) is 4.05. The zero-order valence-electron chi connectivity index (χ0n) is 9.62. The predicted molar refractivity (Wildman–Crippen MR) is 70.8 cm³/mol. The fourth-order valence-electron chi connectivity index (χ4n) is 2.28. The minimum atomic E-state index is -0.408. The molecule has 1 fully saturated rings. The van der Waals surface area contributed by atoms with Crippen LogP contribution in [0.3, 0.4) is 0 Å². The van der Waals surface area contributed by atoms with E-state index in [4.69, 9.17) is 0 Å². The lowest BCUT2D eigenvalue weighted by Gasteiger charge is -2.31. The van der Waals surface area contributed by atoms with Gasteiger partial charge in [-0.1, -0.05) is 15.9 Å². The van der Waals surface area contributed by atoms with Gasteiger partial charge in [0.05, 0.1) is 6.10 Å². The Morgan fingerprint density at radius 3 is 2.56 bits per heavy atom. The maximum Gasteiger partial charge on any atom is 0.0782 e. The highest BCUT2D eigenvalue weighted by molar-refractivity contribution is 9.10. The summed E-state index contributed by atoms with van der Waals surface area (Å²) >= 11 is 3.46. The Morgan fingerprint density at radius 1 is 1.25 bits per heavy atom. The van der Waals surface area contributed by atoms with Crippen LogP contribution in [-0.4, -0.2) is 18.2 Å². The van der Waals surface area contributed by atoms with Gasteiger partial charge >= 0.3 is 0 Å². The third-order valence-electron chi connectivity index (χ3n) is 3.14. The molecular formula is C13H18BrNO. The number of hydrogen-bond donors (Lipinski definition) is 1. The lowest BCUT2D eigenvalue weighted by molar-refractivity contribution is 0.199. The summed E-state index contributed by atoms with van der Waals surface area (Å²) in [5.41, 5.74) is 2.22. The molecule has 1 atom stereocenters. The number of hydrogen-bond acceptors (Lipinski definition) is 2. The SMILES string of the molecule is CC(O)c1cc(Br)ccc1N1CCCCC1. The van der Waals surface area contributed by atoms with Crippen molar-refractivity contribution in [3.8, 4) is 0 Å². The topological polar surface area (TPSA) is 23.5 Å². The fraction of sp³-hybridized carbons (Fsp3) is 0.538. The van der Waals surface area contributed by atoms with Gasteiger partial charge in [-0.25, -0.2) is 0 Å². The maximum absolute atomic E-state index is 9.81. The Hall–Kier alpha value is -0.540. The van der Waals surface area contributed by atoms with Crippen LogP contribution in [0.25, 0.3) is 0 Å². The molecule has 1 aromatic rings. The largest absolute Gasteiger partial charge is 0.389 e. The number of anilines is 1. The van der Waals surface area contributed by atoms with Gasteiger partial charge in [-0.3, -0.25) is 0 Å². The molecule has 3 heteroatoms. The van der Waals surface area contributed by atoms with Crippen LogP contribution < -0.4 is 4.90 Å². The molecule has 0 aromatic heterocycles. The second kappa shape index (κ2) is 5.19. The first-order valence-corrected chi connectivity index (χ1v) is 6.70. The molecule has 1 heterocycles. The summed E-state index contributed by atoms with van der Waals surface area (Å²) in [5.74, 6) is 0. The molecule has 1 N–H and O–H groups in total. The van der Waals surface area contributed by atoms with E-state index in [9.17, 15) is 5.11 Å². The van der Waals surface area contributed by atoms with Crippen LogP contribution in [0.5, 0.6) is 0 Å². The van der Waals surface area contributed by atoms with Crippen molar-refractivity contribution < 1.29 is 5.11 Å². The van der Waals surface area contributed by atoms with E-state index in [0.717, 1.165) is 23.1 Å². The zero-order chi connectivity index (χ0) is 11.5. The summed E-state index contributed by atoms with van der Waals surface area (Å²) in [7, 11) is 0. The number of rotatable bonds is 2. The Morgan fingerprint density at radius 2 is 1.94 bits per heavy atom. The minimum absolute atomic E-state index is 0.408. The van der Waals surface area contributed by atoms with E-state index in [1.165, 1.54) is 24.9 Å².